The minimum absolute atomic E-state index is 0.132. The molecule has 0 aliphatic carbocycles. The number of carbonyl (C=O) groups is 1. The van der Waals surface area contributed by atoms with Crippen molar-refractivity contribution in [3.05, 3.63) is 56.2 Å². The third-order valence-electron chi connectivity index (χ3n) is 2.65. The quantitative estimate of drug-likeness (QED) is 0.795. The summed E-state index contributed by atoms with van der Waals surface area (Å²) in [5.41, 5.74) is 0.674. The first-order chi connectivity index (χ1) is 9.85. The van der Waals surface area contributed by atoms with Crippen molar-refractivity contribution in [1.82, 2.24) is 4.72 Å². The van der Waals surface area contributed by atoms with Crippen LogP contribution in [0.5, 0.6) is 0 Å². The maximum absolute atomic E-state index is 12.0. The van der Waals surface area contributed by atoms with Crippen molar-refractivity contribution in [2.24, 2.45) is 0 Å². The van der Waals surface area contributed by atoms with Crippen molar-refractivity contribution in [2.75, 3.05) is 0 Å². The number of aromatic carboxylic acids is 1. The van der Waals surface area contributed by atoms with Crippen molar-refractivity contribution in [1.29, 1.82) is 0 Å². The Labute approximate surface area is 134 Å². The van der Waals surface area contributed by atoms with Gasteiger partial charge in [-0.25, -0.2) is 17.9 Å². The molecule has 21 heavy (non-hydrogen) atoms. The van der Waals surface area contributed by atoms with E-state index in [1.54, 1.807) is 0 Å². The van der Waals surface area contributed by atoms with E-state index < -0.39 is 16.0 Å². The van der Waals surface area contributed by atoms with Gasteiger partial charge in [-0.2, -0.15) is 0 Å². The maximum Gasteiger partial charge on any atom is 0.335 e. The molecule has 0 bridgehead atoms. The highest BCUT2D eigenvalue weighted by Gasteiger charge is 2.12. The number of rotatable bonds is 6. The number of hydrogen-bond acceptors (Lipinski definition) is 4. The van der Waals surface area contributed by atoms with Crippen molar-refractivity contribution in [3.8, 4) is 0 Å². The second-order valence-corrected chi connectivity index (χ2v) is 8.64. The molecular weight excluding hydrogens is 378 g/mol. The van der Waals surface area contributed by atoms with Gasteiger partial charge in [0.05, 0.1) is 15.1 Å². The largest absolute Gasteiger partial charge is 0.478 e. The Balaban J connectivity index is 1.98. The first kappa shape index (κ1) is 16.2. The van der Waals surface area contributed by atoms with E-state index in [1.165, 1.54) is 35.6 Å². The second-order valence-electron chi connectivity index (χ2n) is 4.29. The summed E-state index contributed by atoms with van der Waals surface area (Å²) < 4.78 is 27.4. The van der Waals surface area contributed by atoms with Crippen LogP contribution in [0.25, 0.3) is 0 Å². The molecule has 1 aromatic heterocycles. The standard InChI is InChI=1S/C13H12BrNO4S2/c14-12-6-5-11(20-12)7-15-21(18,19)8-9-1-3-10(4-2-9)13(16)17/h1-6,15H,7-8H2,(H,16,17). The van der Waals surface area contributed by atoms with Gasteiger partial charge < -0.3 is 5.11 Å². The van der Waals surface area contributed by atoms with E-state index >= 15 is 0 Å². The highest BCUT2D eigenvalue weighted by Crippen LogP contribution is 2.22. The lowest BCUT2D eigenvalue weighted by Crippen LogP contribution is -2.24. The normalized spacial score (nSPS) is 11.5. The molecule has 0 radical (unpaired) electrons. The molecule has 2 aromatic rings. The fraction of sp³-hybridized carbons (Fsp3) is 0.154. The summed E-state index contributed by atoms with van der Waals surface area (Å²) in [5.74, 6) is -1.22. The van der Waals surface area contributed by atoms with Crippen LogP contribution in [0.2, 0.25) is 0 Å². The van der Waals surface area contributed by atoms with E-state index in [0.29, 0.717) is 5.56 Å². The van der Waals surface area contributed by atoms with Gasteiger partial charge in [-0.05, 0) is 45.8 Å². The molecule has 8 heteroatoms. The first-order valence-electron chi connectivity index (χ1n) is 5.89. The van der Waals surface area contributed by atoms with Crippen LogP contribution in [0.4, 0.5) is 0 Å². The molecule has 0 aliphatic heterocycles. The molecule has 0 unspecified atom stereocenters. The molecule has 2 N–H and O–H groups in total. The third-order valence-corrected chi connectivity index (χ3v) is 5.57. The lowest BCUT2D eigenvalue weighted by atomic mass is 10.1. The summed E-state index contributed by atoms with van der Waals surface area (Å²) in [6.45, 7) is 0.242. The van der Waals surface area contributed by atoms with Crippen LogP contribution in [-0.2, 0) is 22.3 Å². The van der Waals surface area contributed by atoms with Gasteiger partial charge >= 0.3 is 5.97 Å². The molecule has 1 aromatic carbocycles. The number of nitrogens with one attached hydrogen (secondary N) is 1. The van der Waals surface area contributed by atoms with Crippen LogP contribution in [0.3, 0.4) is 0 Å². The fourth-order valence-electron chi connectivity index (χ4n) is 1.64. The zero-order valence-corrected chi connectivity index (χ0v) is 14.0. The van der Waals surface area contributed by atoms with Crippen molar-refractivity contribution >= 4 is 43.3 Å². The van der Waals surface area contributed by atoms with E-state index in [1.807, 2.05) is 12.1 Å². The number of carboxylic acids is 1. The molecule has 0 aliphatic rings. The highest BCUT2D eigenvalue weighted by molar-refractivity contribution is 9.11. The fourth-order valence-corrected chi connectivity index (χ4v) is 4.26. The lowest BCUT2D eigenvalue weighted by Gasteiger charge is -2.06. The Hall–Kier alpha value is -1.22. The summed E-state index contributed by atoms with van der Waals surface area (Å²) in [6, 6.07) is 9.50. The van der Waals surface area contributed by atoms with E-state index in [0.717, 1.165) is 8.66 Å². The Morgan fingerprint density at radius 1 is 1.19 bits per heavy atom. The van der Waals surface area contributed by atoms with Crippen LogP contribution in [0.1, 0.15) is 20.8 Å². The predicted molar refractivity (Wildman–Crippen MR) is 84.9 cm³/mol. The molecule has 0 atom stereocenters. The van der Waals surface area contributed by atoms with Crippen molar-refractivity contribution < 1.29 is 18.3 Å². The van der Waals surface area contributed by atoms with Crippen LogP contribution in [-0.4, -0.2) is 19.5 Å². The number of thiophene rings is 1. The minimum atomic E-state index is -3.46. The van der Waals surface area contributed by atoms with Gasteiger partial charge in [-0.1, -0.05) is 12.1 Å². The predicted octanol–water partition coefficient (Wildman–Crippen LogP) is 2.83. The van der Waals surface area contributed by atoms with Gasteiger partial charge in [-0.3, -0.25) is 0 Å². The lowest BCUT2D eigenvalue weighted by molar-refractivity contribution is 0.0697. The van der Waals surface area contributed by atoms with Crippen molar-refractivity contribution in [2.45, 2.75) is 12.3 Å². The number of hydrogen-bond donors (Lipinski definition) is 2. The molecule has 5 nitrogen and oxygen atoms in total. The number of carboxylic acid groups (broad SMARTS) is 1. The topological polar surface area (TPSA) is 83.5 Å². The van der Waals surface area contributed by atoms with Gasteiger partial charge in [0, 0.05) is 11.4 Å². The molecule has 0 saturated carbocycles. The second kappa shape index (κ2) is 6.69. The molecule has 0 fully saturated rings. The van der Waals surface area contributed by atoms with Crippen LogP contribution >= 0.6 is 27.3 Å². The number of halogens is 1. The molecule has 0 spiro atoms. The van der Waals surface area contributed by atoms with Gasteiger partial charge in [0.2, 0.25) is 10.0 Å². The molecule has 1 heterocycles. The van der Waals surface area contributed by atoms with Crippen LogP contribution in [0, 0.1) is 0 Å². The zero-order chi connectivity index (χ0) is 15.5. The Kier molecular flexibility index (Phi) is 5.15. The first-order valence-corrected chi connectivity index (χ1v) is 9.16. The molecule has 112 valence electrons. The van der Waals surface area contributed by atoms with Crippen LogP contribution < -0.4 is 4.72 Å². The van der Waals surface area contributed by atoms with E-state index in [4.69, 9.17) is 5.11 Å². The molecular formula is C13H12BrNO4S2. The van der Waals surface area contributed by atoms with Gasteiger partial charge in [0.25, 0.3) is 0 Å². The Morgan fingerprint density at radius 2 is 1.86 bits per heavy atom. The minimum Gasteiger partial charge on any atom is -0.478 e. The zero-order valence-electron chi connectivity index (χ0n) is 10.7. The Bertz CT molecular complexity index is 738. The number of benzene rings is 1. The average Bonchev–Trinajstić information content (AvgIpc) is 2.83. The maximum atomic E-state index is 12.0. The van der Waals surface area contributed by atoms with Crippen molar-refractivity contribution in [3.63, 3.8) is 0 Å². The van der Waals surface area contributed by atoms with Crippen LogP contribution in [0.15, 0.2) is 40.2 Å². The SMILES string of the molecule is O=C(O)c1ccc(CS(=O)(=O)NCc2ccc(Br)s2)cc1. The van der Waals surface area contributed by atoms with E-state index in [-0.39, 0.29) is 17.9 Å². The Morgan fingerprint density at radius 3 is 2.38 bits per heavy atom. The van der Waals surface area contributed by atoms with Gasteiger partial charge in [0.1, 0.15) is 0 Å². The third kappa shape index (κ3) is 4.92. The van der Waals surface area contributed by atoms with Gasteiger partial charge in [0.15, 0.2) is 0 Å². The average molecular weight is 390 g/mol. The summed E-state index contributed by atoms with van der Waals surface area (Å²) >= 11 is 4.78. The highest BCUT2D eigenvalue weighted by atomic mass is 79.9. The number of sulfonamides is 1. The summed E-state index contributed by atoms with van der Waals surface area (Å²) in [4.78, 5) is 11.6. The smallest absolute Gasteiger partial charge is 0.335 e. The molecule has 0 amide bonds. The summed E-state index contributed by atoms with van der Waals surface area (Å²) in [6.07, 6.45) is 0. The summed E-state index contributed by atoms with van der Waals surface area (Å²) in [5, 5.41) is 8.79. The van der Waals surface area contributed by atoms with E-state index in [9.17, 15) is 13.2 Å². The molecule has 0 saturated heterocycles. The molecule has 2 rings (SSSR count). The monoisotopic (exact) mass is 389 g/mol. The van der Waals surface area contributed by atoms with E-state index in [2.05, 4.69) is 20.7 Å². The summed E-state index contributed by atoms with van der Waals surface area (Å²) in [7, 11) is -3.46. The van der Waals surface area contributed by atoms with Gasteiger partial charge in [-0.15, -0.1) is 11.3 Å².